The molecule has 1 rings (SSSR count). The van der Waals surface area contributed by atoms with Gasteiger partial charge in [-0.2, -0.15) is 0 Å². The van der Waals surface area contributed by atoms with Gasteiger partial charge in [0.1, 0.15) is 5.60 Å². The average molecular weight is 234 g/mol. The minimum absolute atomic E-state index is 0.132. The lowest BCUT2D eigenvalue weighted by atomic mass is 10.0. The summed E-state index contributed by atoms with van der Waals surface area (Å²) in [6.07, 6.45) is 1.29. The maximum atomic E-state index is 11.7. The molecular formula is C13H18N2O2. The van der Waals surface area contributed by atoms with Crippen molar-refractivity contribution >= 4 is 17.9 Å². The summed E-state index contributed by atoms with van der Waals surface area (Å²) in [6.45, 7) is 5.46. The van der Waals surface area contributed by atoms with Crippen molar-refractivity contribution < 1.29 is 9.53 Å². The van der Waals surface area contributed by atoms with Crippen molar-refractivity contribution in [1.29, 1.82) is 5.41 Å². The van der Waals surface area contributed by atoms with Gasteiger partial charge in [0, 0.05) is 17.5 Å². The Hall–Kier alpha value is -1.84. The van der Waals surface area contributed by atoms with E-state index < -0.39 is 5.60 Å². The number of carbonyl (C=O) groups excluding carboxylic acids is 1. The Bertz CT molecular complexity index is 434. The van der Waals surface area contributed by atoms with Crippen molar-refractivity contribution in [3.05, 3.63) is 29.3 Å². The van der Waals surface area contributed by atoms with E-state index >= 15 is 0 Å². The number of hydrogen-bond acceptors (Lipinski definition) is 4. The maximum Gasteiger partial charge on any atom is 0.310 e. The third kappa shape index (κ3) is 3.90. The number of nitrogens with two attached hydrogens (primary N) is 1. The number of anilines is 1. The molecule has 4 nitrogen and oxygen atoms in total. The van der Waals surface area contributed by atoms with Crippen LogP contribution in [0.1, 0.15) is 31.9 Å². The molecule has 0 heterocycles. The van der Waals surface area contributed by atoms with Gasteiger partial charge in [-0.05, 0) is 32.4 Å². The van der Waals surface area contributed by atoms with Gasteiger partial charge in [0.25, 0.3) is 0 Å². The Labute approximate surface area is 101 Å². The van der Waals surface area contributed by atoms with Gasteiger partial charge in [0.15, 0.2) is 0 Å². The van der Waals surface area contributed by atoms with Crippen LogP contribution in [0.25, 0.3) is 0 Å². The van der Waals surface area contributed by atoms with E-state index in [1.807, 2.05) is 20.8 Å². The molecule has 0 unspecified atom stereocenters. The maximum absolute atomic E-state index is 11.7. The Morgan fingerprint density at radius 1 is 1.47 bits per heavy atom. The second-order valence-corrected chi connectivity index (χ2v) is 4.83. The van der Waals surface area contributed by atoms with Gasteiger partial charge < -0.3 is 15.9 Å². The zero-order valence-corrected chi connectivity index (χ0v) is 10.4. The molecule has 0 aliphatic heterocycles. The topological polar surface area (TPSA) is 76.2 Å². The molecule has 0 saturated carbocycles. The van der Waals surface area contributed by atoms with E-state index in [-0.39, 0.29) is 12.4 Å². The number of nitrogen functional groups attached to an aromatic ring is 1. The molecule has 0 aliphatic carbocycles. The fourth-order valence-corrected chi connectivity index (χ4v) is 1.50. The summed E-state index contributed by atoms with van der Waals surface area (Å²) in [4.78, 5) is 11.7. The lowest BCUT2D eigenvalue weighted by Crippen LogP contribution is -2.25. The SMILES string of the molecule is CC(C)(C)OC(=O)Cc1cccc(N)c1C=N. The average Bonchev–Trinajstić information content (AvgIpc) is 2.14. The van der Waals surface area contributed by atoms with Crippen LogP contribution in [0.2, 0.25) is 0 Å². The molecular weight excluding hydrogens is 216 g/mol. The van der Waals surface area contributed by atoms with Crippen LogP contribution in [0.3, 0.4) is 0 Å². The van der Waals surface area contributed by atoms with Crippen molar-refractivity contribution in [2.24, 2.45) is 0 Å². The van der Waals surface area contributed by atoms with Gasteiger partial charge in [0.2, 0.25) is 0 Å². The Morgan fingerprint density at radius 2 is 2.12 bits per heavy atom. The van der Waals surface area contributed by atoms with Crippen molar-refractivity contribution in [1.82, 2.24) is 0 Å². The summed E-state index contributed by atoms with van der Waals surface area (Å²) in [6, 6.07) is 5.25. The molecule has 0 aromatic heterocycles. The quantitative estimate of drug-likeness (QED) is 0.478. The Balaban J connectivity index is 2.85. The zero-order valence-electron chi connectivity index (χ0n) is 10.4. The van der Waals surface area contributed by atoms with E-state index in [4.69, 9.17) is 15.9 Å². The summed E-state index contributed by atoms with van der Waals surface area (Å²) >= 11 is 0. The third-order valence-electron chi connectivity index (χ3n) is 2.13. The molecule has 92 valence electrons. The molecule has 1 aromatic carbocycles. The highest BCUT2D eigenvalue weighted by molar-refractivity contribution is 5.89. The van der Waals surface area contributed by atoms with Crippen LogP contribution >= 0.6 is 0 Å². The Morgan fingerprint density at radius 3 is 2.65 bits per heavy atom. The zero-order chi connectivity index (χ0) is 13.1. The number of benzene rings is 1. The van der Waals surface area contributed by atoms with Gasteiger partial charge in [0.05, 0.1) is 6.42 Å². The predicted molar refractivity (Wildman–Crippen MR) is 68.3 cm³/mol. The van der Waals surface area contributed by atoms with Crippen molar-refractivity contribution in [2.75, 3.05) is 5.73 Å². The van der Waals surface area contributed by atoms with Gasteiger partial charge in [-0.1, -0.05) is 12.1 Å². The summed E-state index contributed by atoms with van der Waals surface area (Å²) in [7, 11) is 0. The minimum atomic E-state index is -0.498. The van der Waals surface area contributed by atoms with Crippen LogP contribution < -0.4 is 5.73 Å². The largest absolute Gasteiger partial charge is 0.460 e. The molecule has 4 heteroatoms. The highest BCUT2D eigenvalue weighted by Gasteiger charge is 2.17. The number of nitrogens with one attached hydrogen (secondary N) is 1. The molecule has 3 N–H and O–H groups in total. The standard InChI is InChI=1S/C13H18N2O2/c1-13(2,3)17-12(16)7-9-5-4-6-11(15)10(9)8-14/h4-6,8,14H,7,15H2,1-3H3. The van der Waals surface area contributed by atoms with Crippen LogP contribution in [0, 0.1) is 5.41 Å². The van der Waals surface area contributed by atoms with Gasteiger partial charge in [-0.15, -0.1) is 0 Å². The van der Waals surface area contributed by atoms with Crippen molar-refractivity contribution in [3.63, 3.8) is 0 Å². The molecule has 0 spiro atoms. The molecule has 1 aromatic rings. The lowest BCUT2D eigenvalue weighted by molar-refractivity contribution is -0.153. The molecule has 0 amide bonds. The van der Waals surface area contributed by atoms with E-state index in [0.717, 1.165) is 6.21 Å². The van der Waals surface area contributed by atoms with Gasteiger partial charge in [-0.3, -0.25) is 4.79 Å². The third-order valence-corrected chi connectivity index (χ3v) is 2.13. The van der Waals surface area contributed by atoms with E-state index in [9.17, 15) is 4.79 Å². The Kier molecular flexibility index (Phi) is 3.89. The molecule has 0 radical (unpaired) electrons. The van der Waals surface area contributed by atoms with Crippen LogP contribution in [-0.4, -0.2) is 17.8 Å². The smallest absolute Gasteiger partial charge is 0.310 e. The summed E-state index contributed by atoms with van der Waals surface area (Å²) in [5, 5.41) is 7.29. The van der Waals surface area contributed by atoms with Crippen LogP contribution in [0.4, 0.5) is 5.69 Å². The molecule has 0 bridgehead atoms. The minimum Gasteiger partial charge on any atom is -0.460 e. The number of carbonyl (C=O) groups is 1. The first-order chi connectivity index (χ1) is 7.83. The predicted octanol–water partition coefficient (Wildman–Crippen LogP) is 2.15. The lowest BCUT2D eigenvalue weighted by Gasteiger charge is -2.19. The number of esters is 1. The second-order valence-electron chi connectivity index (χ2n) is 4.83. The van der Waals surface area contributed by atoms with Crippen LogP contribution in [0.5, 0.6) is 0 Å². The van der Waals surface area contributed by atoms with E-state index in [2.05, 4.69) is 0 Å². The molecule has 0 saturated heterocycles. The van der Waals surface area contributed by atoms with Crippen molar-refractivity contribution in [2.45, 2.75) is 32.8 Å². The van der Waals surface area contributed by atoms with E-state index in [1.165, 1.54) is 0 Å². The molecule has 0 fully saturated rings. The van der Waals surface area contributed by atoms with E-state index in [0.29, 0.717) is 16.8 Å². The molecule has 0 aliphatic rings. The molecule has 0 atom stereocenters. The van der Waals surface area contributed by atoms with Gasteiger partial charge >= 0.3 is 5.97 Å². The summed E-state index contributed by atoms with van der Waals surface area (Å²) in [5.41, 5.74) is 7.03. The normalized spacial score (nSPS) is 11.0. The fraction of sp³-hybridized carbons (Fsp3) is 0.385. The number of hydrogen-bond donors (Lipinski definition) is 2. The first-order valence-electron chi connectivity index (χ1n) is 5.43. The monoisotopic (exact) mass is 234 g/mol. The van der Waals surface area contributed by atoms with E-state index in [1.54, 1.807) is 18.2 Å². The first-order valence-corrected chi connectivity index (χ1v) is 5.43. The highest BCUT2D eigenvalue weighted by atomic mass is 16.6. The highest BCUT2D eigenvalue weighted by Crippen LogP contribution is 2.17. The molecule has 17 heavy (non-hydrogen) atoms. The first kappa shape index (κ1) is 13.2. The van der Waals surface area contributed by atoms with Gasteiger partial charge in [-0.25, -0.2) is 0 Å². The number of rotatable bonds is 3. The van der Waals surface area contributed by atoms with Crippen molar-refractivity contribution in [3.8, 4) is 0 Å². The second kappa shape index (κ2) is 4.99. The summed E-state index contributed by atoms with van der Waals surface area (Å²) in [5.74, 6) is -0.314. The van der Waals surface area contributed by atoms with Crippen LogP contribution in [0.15, 0.2) is 18.2 Å². The van der Waals surface area contributed by atoms with Crippen LogP contribution in [-0.2, 0) is 16.0 Å². The number of ether oxygens (including phenoxy) is 1. The fourth-order valence-electron chi connectivity index (χ4n) is 1.50. The summed E-state index contributed by atoms with van der Waals surface area (Å²) < 4.78 is 5.23.